The number of rotatable bonds is 7. The number of fused-ring (bicyclic) bond motifs is 2. The topological polar surface area (TPSA) is 48.0 Å². The van der Waals surface area contributed by atoms with Crippen LogP contribution in [-0.4, -0.2) is 42.7 Å². The van der Waals surface area contributed by atoms with Crippen molar-refractivity contribution in [3.05, 3.63) is 58.9 Å². The number of likely N-dealkylation sites (tertiary alicyclic amines) is 1. The lowest BCUT2D eigenvalue weighted by Crippen LogP contribution is -2.46. The fourth-order valence-corrected chi connectivity index (χ4v) is 5.55. The first-order valence-corrected chi connectivity index (χ1v) is 13.3. The Morgan fingerprint density at radius 1 is 1.19 bits per heavy atom. The van der Waals surface area contributed by atoms with E-state index in [2.05, 4.69) is 11.0 Å². The van der Waals surface area contributed by atoms with Crippen molar-refractivity contribution in [3.8, 4) is 11.5 Å². The molecule has 6 heteroatoms. The Morgan fingerprint density at radius 3 is 2.64 bits per heavy atom. The number of piperidine rings is 1. The van der Waals surface area contributed by atoms with Crippen LogP contribution in [0.4, 0.5) is 4.39 Å². The van der Waals surface area contributed by atoms with Crippen molar-refractivity contribution < 1.29 is 23.4 Å². The lowest BCUT2D eigenvalue weighted by molar-refractivity contribution is -0.160. The molecule has 1 atom stereocenters. The summed E-state index contributed by atoms with van der Waals surface area (Å²) < 4.78 is 32.2. The molecular weight excluding hydrogens is 457 g/mol. The van der Waals surface area contributed by atoms with Gasteiger partial charge in [-0.05, 0) is 83.2 Å². The zero-order chi connectivity index (χ0) is 25.5. The van der Waals surface area contributed by atoms with Crippen molar-refractivity contribution in [2.24, 2.45) is 5.92 Å². The Balaban J connectivity index is 1.19. The van der Waals surface area contributed by atoms with Gasteiger partial charge in [0.05, 0.1) is 12.5 Å². The van der Waals surface area contributed by atoms with Crippen molar-refractivity contribution in [1.29, 1.82) is 0 Å². The zero-order valence-corrected chi connectivity index (χ0v) is 21.9. The van der Waals surface area contributed by atoms with Gasteiger partial charge in [-0.25, -0.2) is 4.39 Å². The Hall–Kier alpha value is -2.60. The van der Waals surface area contributed by atoms with Crippen LogP contribution in [0.2, 0.25) is 0 Å². The molecule has 0 aromatic heterocycles. The van der Waals surface area contributed by atoms with Crippen LogP contribution in [0.1, 0.15) is 76.0 Å². The molecular formula is C30H38FNO4. The van der Waals surface area contributed by atoms with Crippen LogP contribution in [0.5, 0.6) is 11.5 Å². The summed E-state index contributed by atoms with van der Waals surface area (Å²) in [6.45, 7) is 11.1. The lowest BCUT2D eigenvalue weighted by atomic mass is 9.74. The van der Waals surface area contributed by atoms with Gasteiger partial charge in [0.2, 0.25) is 0 Å². The standard InChI is InChI=1S/C30H38FNO4/c1-20(28(33)36-29(2,3)4)17-32-14-12-30(13-15-32)19-35-27-16-22(10-11-25(27)30)34-18-24-23(21-8-9-21)6-5-7-26(24)31/h5-7,10-11,16,20-21H,8-9,12-15,17-19H2,1-4H3. The molecule has 0 radical (unpaired) electrons. The largest absolute Gasteiger partial charge is 0.492 e. The number of benzene rings is 2. The molecule has 3 aliphatic rings. The number of carbonyl (C=O) groups excluding carboxylic acids is 1. The molecule has 1 spiro atoms. The Kier molecular flexibility index (Phi) is 6.75. The van der Waals surface area contributed by atoms with Crippen LogP contribution in [-0.2, 0) is 21.6 Å². The van der Waals surface area contributed by atoms with Gasteiger partial charge < -0.3 is 19.1 Å². The molecule has 2 aliphatic heterocycles. The molecule has 0 N–H and O–H groups in total. The number of halogens is 1. The van der Waals surface area contributed by atoms with Crippen LogP contribution in [0.15, 0.2) is 36.4 Å². The molecule has 0 bridgehead atoms. The van der Waals surface area contributed by atoms with Crippen molar-refractivity contribution in [1.82, 2.24) is 4.90 Å². The lowest BCUT2D eigenvalue weighted by Gasteiger charge is -2.39. The third kappa shape index (κ3) is 5.39. The molecule has 5 rings (SSSR count). The highest BCUT2D eigenvalue weighted by Crippen LogP contribution is 2.47. The third-order valence-electron chi connectivity index (χ3n) is 7.74. The van der Waals surface area contributed by atoms with Crippen molar-refractivity contribution in [2.45, 2.75) is 76.9 Å². The minimum atomic E-state index is -0.459. The molecule has 2 aromatic carbocycles. The van der Waals surface area contributed by atoms with E-state index in [0.29, 0.717) is 30.4 Å². The van der Waals surface area contributed by atoms with Gasteiger partial charge >= 0.3 is 5.97 Å². The van der Waals surface area contributed by atoms with Gasteiger partial charge in [-0.3, -0.25) is 4.79 Å². The maximum atomic E-state index is 14.5. The average Bonchev–Trinajstić information content (AvgIpc) is 3.62. The van der Waals surface area contributed by atoms with Gasteiger partial charge in [-0.15, -0.1) is 0 Å². The third-order valence-corrected chi connectivity index (χ3v) is 7.74. The monoisotopic (exact) mass is 495 g/mol. The second kappa shape index (κ2) is 9.70. The first-order valence-electron chi connectivity index (χ1n) is 13.3. The van der Waals surface area contributed by atoms with E-state index in [-0.39, 0.29) is 29.7 Å². The quantitative estimate of drug-likeness (QED) is 0.442. The van der Waals surface area contributed by atoms with Crippen LogP contribution in [0, 0.1) is 11.7 Å². The van der Waals surface area contributed by atoms with E-state index in [9.17, 15) is 9.18 Å². The summed E-state index contributed by atoms with van der Waals surface area (Å²) in [5, 5.41) is 0. The number of esters is 1. The number of nitrogens with zero attached hydrogens (tertiary/aromatic N) is 1. The van der Waals surface area contributed by atoms with Gasteiger partial charge in [0.1, 0.15) is 29.5 Å². The fourth-order valence-electron chi connectivity index (χ4n) is 5.55. The molecule has 36 heavy (non-hydrogen) atoms. The Labute approximate surface area is 213 Å². The summed E-state index contributed by atoms with van der Waals surface area (Å²) in [6, 6.07) is 11.4. The second-order valence-electron chi connectivity index (χ2n) is 11.8. The summed E-state index contributed by atoms with van der Waals surface area (Å²) in [5.41, 5.74) is 2.54. The molecule has 1 saturated heterocycles. The predicted molar refractivity (Wildman–Crippen MR) is 137 cm³/mol. The molecule has 2 fully saturated rings. The number of hydrogen-bond donors (Lipinski definition) is 0. The van der Waals surface area contributed by atoms with Crippen LogP contribution < -0.4 is 9.47 Å². The van der Waals surface area contributed by atoms with E-state index < -0.39 is 5.60 Å². The highest BCUT2D eigenvalue weighted by molar-refractivity contribution is 5.72. The molecule has 0 amide bonds. The maximum Gasteiger partial charge on any atom is 0.310 e. The van der Waals surface area contributed by atoms with E-state index >= 15 is 0 Å². The molecule has 194 valence electrons. The zero-order valence-electron chi connectivity index (χ0n) is 21.9. The first-order chi connectivity index (χ1) is 17.1. The van der Waals surface area contributed by atoms with Crippen molar-refractivity contribution in [2.75, 3.05) is 26.2 Å². The predicted octanol–water partition coefficient (Wildman–Crippen LogP) is 5.99. The number of ether oxygens (including phenoxy) is 3. The van der Waals surface area contributed by atoms with Gasteiger partial charge in [0.25, 0.3) is 0 Å². The van der Waals surface area contributed by atoms with E-state index in [1.807, 2.05) is 45.9 Å². The number of hydrogen-bond acceptors (Lipinski definition) is 5. The van der Waals surface area contributed by atoms with Crippen molar-refractivity contribution >= 4 is 5.97 Å². The van der Waals surface area contributed by atoms with Crippen molar-refractivity contribution in [3.63, 3.8) is 0 Å². The summed E-state index contributed by atoms with van der Waals surface area (Å²) >= 11 is 0. The second-order valence-corrected chi connectivity index (χ2v) is 11.8. The smallest absolute Gasteiger partial charge is 0.310 e. The minimum absolute atomic E-state index is 0.00417. The number of carbonyl (C=O) groups is 1. The summed E-state index contributed by atoms with van der Waals surface area (Å²) in [5.74, 6) is 1.58. The molecule has 2 aromatic rings. The average molecular weight is 496 g/mol. The van der Waals surface area contributed by atoms with Crippen LogP contribution in [0.3, 0.4) is 0 Å². The molecule has 1 saturated carbocycles. The fraction of sp³-hybridized carbons (Fsp3) is 0.567. The van der Waals surface area contributed by atoms with Gasteiger partial charge in [-0.1, -0.05) is 25.1 Å². The van der Waals surface area contributed by atoms with Crippen LogP contribution in [0.25, 0.3) is 0 Å². The van der Waals surface area contributed by atoms with E-state index in [0.717, 1.165) is 50.1 Å². The summed E-state index contributed by atoms with van der Waals surface area (Å²) in [6.07, 6.45) is 4.23. The normalized spacial score (nSPS) is 20.0. The highest BCUT2D eigenvalue weighted by Gasteiger charge is 2.43. The molecule has 1 unspecified atom stereocenters. The molecule has 5 nitrogen and oxygen atoms in total. The van der Waals surface area contributed by atoms with Crippen LogP contribution >= 0.6 is 0 Å². The van der Waals surface area contributed by atoms with Gasteiger partial charge in [-0.2, -0.15) is 0 Å². The first kappa shape index (κ1) is 25.1. The summed E-state index contributed by atoms with van der Waals surface area (Å²) in [7, 11) is 0. The Morgan fingerprint density at radius 2 is 1.94 bits per heavy atom. The maximum absolute atomic E-state index is 14.5. The molecule has 2 heterocycles. The molecule has 1 aliphatic carbocycles. The Bertz CT molecular complexity index is 1110. The van der Waals surface area contributed by atoms with Gasteiger partial charge in [0, 0.05) is 29.2 Å². The van der Waals surface area contributed by atoms with E-state index in [1.54, 1.807) is 6.07 Å². The van der Waals surface area contributed by atoms with E-state index in [4.69, 9.17) is 14.2 Å². The summed E-state index contributed by atoms with van der Waals surface area (Å²) in [4.78, 5) is 14.8. The van der Waals surface area contributed by atoms with Gasteiger partial charge in [0.15, 0.2) is 0 Å². The van der Waals surface area contributed by atoms with E-state index in [1.165, 1.54) is 11.6 Å². The SMILES string of the molecule is CC(CN1CCC2(CC1)COc1cc(OCc3c(F)cccc3C3CC3)ccc12)C(=O)OC(C)(C)C. The highest BCUT2D eigenvalue weighted by atomic mass is 19.1. The minimum Gasteiger partial charge on any atom is -0.492 e.